The maximum Gasteiger partial charge on any atom is 0.270 e. The molecule has 1 amide bonds. The molecule has 0 fully saturated rings. The first-order valence-electron chi connectivity index (χ1n) is 9.97. The molecule has 0 unspecified atom stereocenters. The molecule has 2 aromatic carbocycles. The Bertz CT molecular complexity index is 1170. The van der Waals surface area contributed by atoms with E-state index in [1.807, 2.05) is 48.7 Å². The SMILES string of the molecule is CN(C)CCOc1cc(C(=O)NCC#Cc2ccc(C(=S)NO)cc2)nc2ccccc12. The number of likely N-dealkylation sites (N-methyl/N-ethyl adjacent to an activating group) is 1. The topological polar surface area (TPSA) is 86.7 Å². The van der Waals surface area contributed by atoms with Crippen LogP contribution in [0.2, 0.25) is 0 Å². The van der Waals surface area contributed by atoms with E-state index in [1.54, 1.807) is 30.3 Å². The molecule has 0 radical (unpaired) electrons. The second-order valence-corrected chi connectivity index (χ2v) is 7.59. The van der Waals surface area contributed by atoms with Crippen molar-refractivity contribution in [1.82, 2.24) is 20.7 Å². The van der Waals surface area contributed by atoms with Gasteiger partial charge in [0.1, 0.15) is 23.0 Å². The minimum atomic E-state index is -0.322. The van der Waals surface area contributed by atoms with Crippen LogP contribution in [0.15, 0.2) is 54.6 Å². The number of carbonyl (C=O) groups excluding carboxylic acids is 1. The summed E-state index contributed by atoms with van der Waals surface area (Å²) in [6.07, 6.45) is 0. The number of hydroxylamine groups is 1. The Morgan fingerprint density at radius 2 is 1.94 bits per heavy atom. The molecule has 1 heterocycles. The Hall–Kier alpha value is -3.51. The molecule has 0 saturated carbocycles. The van der Waals surface area contributed by atoms with E-state index in [2.05, 4.69) is 22.1 Å². The quantitative estimate of drug-likeness (QED) is 0.291. The third kappa shape index (κ3) is 6.25. The van der Waals surface area contributed by atoms with Crippen molar-refractivity contribution in [1.29, 1.82) is 0 Å². The summed E-state index contributed by atoms with van der Waals surface area (Å²) >= 11 is 4.96. The first-order valence-corrected chi connectivity index (χ1v) is 10.4. The van der Waals surface area contributed by atoms with Gasteiger partial charge in [0.2, 0.25) is 0 Å². The molecule has 0 aliphatic carbocycles. The van der Waals surface area contributed by atoms with Crippen molar-refractivity contribution < 1.29 is 14.7 Å². The van der Waals surface area contributed by atoms with Crippen LogP contribution < -0.4 is 15.5 Å². The predicted molar refractivity (Wildman–Crippen MR) is 128 cm³/mol. The number of thiocarbonyl (C=S) groups is 1. The Morgan fingerprint density at radius 1 is 1.19 bits per heavy atom. The van der Waals surface area contributed by atoms with E-state index < -0.39 is 0 Å². The van der Waals surface area contributed by atoms with Gasteiger partial charge in [0, 0.05) is 29.1 Å². The summed E-state index contributed by atoms with van der Waals surface area (Å²) in [5, 5.41) is 12.5. The molecule has 0 bridgehead atoms. The first kappa shape index (κ1) is 23.2. The maximum atomic E-state index is 12.6. The number of fused-ring (bicyclic) bond motifs is 1. The number of hydrogen-bond acceptors (Lipinski definition) is 6. The summed E-state index contributed by atoms with van der Waals surface area (Å²) in [6, 6.07) is 16.3. The molecule has 164 valence electrons. The monoisotopic (exact) mass is 448 g/mol. The smallest absolute Gasteiger partial charge is 0.270 e. The average molecular weight is 449 g/mol. The van der Waals surface area contributed by atoms with Crippen LogP contribution in [0.3, 0.4) is 0 Å². The standard InChI is InChI=1S/C24H24N4O3S/c1-28(2)14-15-31-22-16-21(26-20-8-4-3-7-19(20)22)23(29)25-13-5-6-17-9-11-18(12-10-17)24(32)27-30/h3-4,7-12,16,30H,13-15H2,1-2H3,(H,25,29)(H,27,32). The number of pyridine rings is 1. The number of aromatic nitrogens is 1. The van der Waals surface area contributed by atoms with Crippen LogP contribution in [0.1, 0.15) is 21.6 Å². The molecule has 0 spiro atoms. The lowest BCUT2D eigenvalue weighted by Gasteiger charge is -2.13. The molecule has 32 heavy (non-hydrogen) atoms. The predicted octanol–water partition coefficient (Wildman–Crippen LogP) is 2.61. The fourth-order valence-electron chi connectivity index (χ4n) is 2.85. The van der Waals surface area contributed by atoms with Crippen LogP contribution in [0.4, 0.5) is 0 Å². The van der Waals surface area contributed by atoms with Gasteiger partial charge in [-0.2, -0.15) is 0 Å². The number of nitrogens with zero attached hydrogens (tertiary/aromatic N) is 2. The normalized spacial score (nSPS) is 10.4. The Balaban J connectivity index is 1.67. The lowest BCUT2D eigenvalue weighted by molar-refractivity contribution is 0.0953. The number of nitrogens with one attached hydrogen (secondary N) is 2. The summed E-state index contributed by atoms with van der Waals surface area (Å²) in [7, 11) is 3.95. The van der Waals surface area contributed by atoms with Crippen molar-refractivity contribution >= 4 is 34.0 Å². The van der Waals surface area contributed by atoms with Gasteiger partial charge in [0.15, 0.2) is 0 Å². The summed E-state index contributed by atoms with van der Waals surface area (Å²) in [6.45, 7) is 1.44. The third-order valence-electron chi connectivity index (χ3n) is 4.53. The van der Waals surface area contributed by atoms with Gasteiger partial charge in [-0.25, -0.2) is 4.98 Å². The molecule has 3 aromatic rings. The van der Waals surface area contributed by atoms with Crippen molar-refractivity contribution in [2.75, 3.05) is 33.8 Å². The molecule has 8 heteroatoms. The minimum absolute atomic E-state index is 0.169. The Morgan fingerprint density at radius 3 is 2.66 bits per heavy atom. The summed E-state index contributed by atoms with van der Waals surface area (Å²) in [4.78, 5) is 19.4. The molecule has 0 saturated heterocycles. The van der Waals surface area contributed by atoms with Crippen LogP contribution >= 0.6 is 12.2 Å². The van der Waals surface area contributed by atoms with Gasteiger partial charge >= 0.3 is 0 Å². The van der Waals surface area contributed by atoms with E-state index in [9.17, 15) is 4.79 Å². The summed E-state index contributed by atoms with van der Waals surface area (Å²) < 4.78 is 5.92. The highest BCUT2D eigenvalue weighted by molar-refractivity contribution is 7.80. The van der Waals surface area contributed by atoms with Gasteiger partial charge in [0.05, 0.1) is 12.1 Å². The molecule has 0 aliphatic heterocycles. The lowest BCUT2D eigenvalue weighted by atomic mass is 10.1. The van der Waals surface area contributed by atoms with Gasteiger partial charge in [-0.1, -0.05) is 48.3 Å². The van der Waals surface area contributed by atoms with Crippen LogP contribution in [0.5, 0.6) is 5.75 Å². The number of benzene rings is 2. The number of para-hydroxylation sites is 1. The van der Waals surface area contributed by atoms with Gasteiger partial charge in [0.25, 0.3) is 5.91 Å². The van der Waals surface area contributed by atoms with Crippen molar-refractivity contribution in [3.05, 3.63) is 71.4 Å². The van der Waals surface area contributed by atoms with E-state index in [4.69, 9.17) is 22.2 Å². The highest BCUT2D eigenvalue weighted by Crippen LogP contribution is 2.25. The van der Waals surface area contributed by atoms with E-state index in [1.165, 1.54) is 0 Å². The number of ether oxygens (including phenoxy) is 1. The zero-order valence-electron chi connectivity index (χ0n) is 17.9. The molecular formula is C24H24N4O3S. The second-order valence-electron chi connectivity index (χ2n) is 7.18. The van der Waals surface area contributed by atoms with E-state index in [0.29, 0.717) is 23.4 Å². The summed E-state index contributed by atoms with van der Waals surface area (Å²) in [5.41, 5.74) is 4.37. The fraction of sp³-hybridized carbons (Fsp3) is 0.208. The van der Waals surface area contributed by atoms with Crippen LogP contribution in [-0.2, 0) is 0 Å². The highest BCUT2D eigenvalue weighted by atomic mass is 32.1. The number of amides is 1. The van der Waals surface area contributed by atoms with Gasteiger partial charge in [-0.05, 0) is 38.4 Å². The minimum Gasteiger partial charge on any atom is -0.491 e. The average Bonchev–Trinajstić information content (AvgIpc) is 2.81. The lowest BCUT2D eigenvalue weighted by Crippen LogP contribution is -2.25. The van der Waals surface area contributed by atoms with E-state index in [-0.39, 0.29) is 23.1 Å². The Kier molecular flexibility index (Phi) is 8.11. The van der Waals surface area contributed by atoms with Crippen molar-refractivity contribution in [3.63, 3.8) is 0 Å². The first-order chi connectivity index (χ1) is 15.5. The summed E-state index contributed by atoms with van der Waals surface area (Å²) in [5.74, 6) is 6.20. The van der Waals surface area contributed by atoms with Crippen LogP contribution in [0, 0.1) is 11.8 Å². The molecule has 0 atom stereocenters. The number of hydrogen-bond donors (Lipinski definition) is 3. The molecule has 7 nitrogen and oxygen atoms in total. The third-order valence-corrected chi connectivity index (χ3v) is 4.85. The van der Waals surface area contributed by atoms with Crippen LogP contribution in [0.25, 0.3) is 10.9 Å². The zero-order valence-corrected chi connectivity index (χ0v) is 18.7. The van der Waals surface area contributed by atoms with Crippen LogP contribution in [-0.4, -0.2) is 59.8 Å². The van der Waals surface area contributed by atoms with Crippen molar-refractivity contribution in [2.45, 2.75) is 0 Å². The van der Waals surface area contributed by atoms with Crippen molar-refractivity contribution in [2.24, 2.45) is 0 Å². The number of carbonyl (C=O) groups is 1. The second kappa shape index (κ2) is 11.2. The van der Waals surface area contributed by atoms with Crippen molar-refractivity contribution in [3.8, 4) is 17.6 Å². The van der Waals surface area contributed by atoms with Gasteiger partial charge < -0.3 is 15.0 Å². The molecule has 3 N–H and O–H groups in total. The van der Waals surface area contributed by atoms with Gasteiger partial charge in [-0.3, -0.25) is 15.5 Å². The highest BCUT2D eigenvalue weighted by Gasteiger charge is 2.12. The Labute approximate surface area is 192 Å². The molecule has 1 aromatic heterocycles. The van der Waals surface area contributed by atoms with E-state index in [0.717, 1.165) is 17.5 Å². The van der Waals surface area contributed by atoms with E-state index >= 15 is 0 Å². The molecular weight excluding hydrogens is 424 g/mol. The largest absolute Gasteiger partial charge is 0.491 e. The molecule has 0 aliphatic rings. The number of rotatable bonds is 7. The molecule has 3 rings (SSSR count). The maximum absolute atomic E-state index is 12.6. The van der Waals surface area contributed by atoms with Gasteiger partial charge in [-0.15, -0.1) is 0 Å². The zero-order chi connectivity index (χ0) is 22.9. The fourth-order valence-corrected chi connectivity index (χ4v) is 2.98.